The van der Waals surface area contributed by atoms with Gasteiger partial charge in [-0.25, -0.2) is 9.59 Å². The smallest absolute Gasteiger partial charge is 0.326 e. The zero-order valence-corrected chi connectivity index (χ0v) is 37.4. The first-order valence-electron chi connectivity index (χ1n) is 22.9. The van der Waals surface area contributed by atoms with Crippen molar-refractivity contribution in [3.63, 3.8) is 0 Å². The van der Waals surface area contributed by atoms with E-state index in [1.165, 1.54) is 103 Å². The average molecular weight is 859 g/mol. The van der Waals surface area contributed by atoms with Crippen molar-refractivity contribution in [1.82, 2.24) is 10.6 Å². The molecule has 3 unspecified atom stereocenters. The lowest BCUT2D eigenvalue weighted by molar-refractivity contribution is -0.142. The van der Waals surface area contributed by atoms with E-state index in [4.69, 9.17) is 38.3 Å². The number of carboxylic acid groups (broad SMARTS) is 3. The number of unbranched alkanes of at least 4 members (excludes halogenated alkanes) is 21. The van der Waals surface area contributed by atoms with Crippen molar-refractivity contribution in [3.05, 3.63) is 0 Å². The summed E-state index contributed by atoms with van der Waals surface area (Å²) in [7, 11) is 0. The van der Waals surface area contributed by atoms with Crippen molar-refractivity contribution in [2.45, 2.75) is 231 Å². The van der Waals surface area contributed by atoms with Crippen LogP contribution < -0.4 is 33.6 Å². The summed E-state index contributed by atoms with van der Waals surface area (Å²) in [6, 6.07) is -2.79. The zero-order chi connectivity index (χ0) is 45.8. The molecule has 0 radical (unpaired) electrons. The highest BCUT2D eigenvalue weighted by Gasteiger charge is 2.21. The van der Waals surface area contributed by atoms with E-state index in [0.717, 1.165) is 51.4 Å². The lowest BCUT2D eigenvalue weighted by atomic mass is 10.0. The van der Waals surface area contributed by atoms with Gasteiger partial charge in [0.2, 0.25) is 23.6 Å². The van der Waals surface area contributed by atoms with E-state index in [1.54, 1.807) is 0 Å². The molecule has 4 amide bonds. The maximum atomic E-state index is 11.8. The standard InChI is InChI=1S/2C19H36N2O4.C6H14N2O2/c2*1-2-3-4-5-6-7-8-9-10-11-12-13-18(23)21-16(19(24)25)14-15-17(20)22;7-4-2-1-3-5(8)6(9)10/h2*16H,2-15H2,1H3,(H2,20,22)(H,21,23)(H,24,25);5H,1-4,7-8H2,(H,9,10). The van der Waals surface area contributed by atoms with E-state index >= 15 is 0 Å². The fourth-order valence-electron chi connectivity index (χ4n) is 6.15. The normalized spacial score (nSPS) is 12.1. The SMILES string of the molecule is CCCCCCCCCCCCCC(=O)NC(CCC(N)=O)C(=O)O.CCCCCCCCCCCCCC(=O)NC(CCC(N)=O)C(=O)O.NCCCCC(N)C(=O)O. The molecule has 0 fully saturated rings. The molecule has 0 bridgehead atoms. The van der Waals surface area contributed by atoms with Crippen LogP contribution in [-0.4, -0.2) is 81.5 Å². The lowest BCUT2D eigenvalue weighted by Crippen LogP contribution is -2.41. The molecule has 0 heterocycles. The van der Waals surface area contributed by atoms with Crippen LogP contribution in [0.15, 0.2) is 0 Å². The summed E-state index contributed by atoms with van der Waals surface area (Å²) in [5.41, 5.74) is 20.4. The minimum Gasteiger partial charge on any atom is -0.480 e. The summed E-state index contributed by atoms with van der Waals surface area (Å²) in [4.78, 5) is 77.2. The van der Waals surface area contributed by atoms with E-state index in [9.17, 15) is 33.6 Å². The van der Waals surface area contributed by atoms with Crippen LogP contribution in [0.3, 0.4) is 0 Å². The molecule has 352 valence electrons. The summed E-state index contributed by atoms with van der Waals surface area (Å²) in [6.07, 6.45) is 29.3. The van der Waals surface area contributed by atoms with Crippen LogP contribution in [0.5, 0.6) is 0 Å². The first kappa shape index (κ1) is 60.5. The number of nitrogens with one attached hydrogen (secondary N) is 2. The topological polar surface area (TPSA) is 308 Å². The van der Waals surface area contributed by atoms with Crippen LogP contribution in [0, 0.1) is 0 Å². The molecular formula is C44H86N6O10. The number of carboxylic acids is 3. The van der Waals surface area contributed by atoms with Gasteiger partial charge in [-0.1, -0.05) is 149 Å². The van der Waals surface area contributed by atoms with Crippen LogP contribution in [0.25, 0.3) is 0 Å². The highest BCUT2D eigenvalue weighted by atomic mass is 16.4. The highest BCUT2D eigenvalue weighted by Crippen LogP contribution is 2.13. The third-order valence-electron chi connectivity index (χ3n) is 9.93. The first-order chi connectivity index (χ1) is 28.6. The van der Waals surface area contributed by atoms with Crippen molar-refractivity contribution in [2.75, 3.05) is 6.54 Å². The van der Waals surface area contributed by atoms with Crippen molar-refractivity contribution < 1.29 is 48.9 Å². The summed E-state index contributed by atoms with van der Waals surface area (Å²) < 4.78 is 0. The molecule has 0 aromatic heterocycles. The predicted molar refractivity (Wildman–Crippen MR) is 237 cm³/mol. The average Bonchev–Trinajstić information content (AvgIpc) is 3.19. The predicted octanol–water partition coefficient (Wildman–Crippen LogP) is 6.57. The van der Waals surface area contributed by atoms with Crippen LogP contribution in [-0.2, 0) is 33.6 Å². The Hall–Kier alpha value is -3.79. The second-order valence-electron chi connectivity index (χ2n) is 15.7. The van der Waals surface area contributed by atoms with Crippen LogP contribution in [0.1, 0.15) is 213 Å². The molecule has 0 aliphatic rings. The minimum atomic E-state index is -1.13. The van der Waals surface area contributed by atoms with Gasteiger partial charge in [-0.15, -0.1) is 0 Å². The van der Waals surface area contributed by atoms with Crippen molar-refractivity contribution in [1.29, 1.82) is 0 Å². The number of hydrogen-bond donors (Lipinski definition) is 9. The van der Waals surface area contributed by atoms with Crippen LogP contribution >= 0.6 is 0 Å². The van der Waals surface area contributed by atoms with Crippen molar-refractivity contribution in [2.24, 2.45) is 22.9 Å². The monoisotopic (exact) mass is 859 g/mol. The van der Waals surface area contributed by atoms with Crippen LogP contribution in [0.2, 0.25) is 0 Å². The number of primary amides is 2. The molecule has 16 heteroatoms. The first-order valence-corrected chi connectivity index (χ1v) is 22.9. The number of rotatable bonds is 39. The maximum absolute atomic E-state index is 11.8. The van der Waals surface area contributed by atoms with Gasteiger partial charge in [0.05, 0.1) is 0 Å². The van der Waals surface area contributed by atoms with Gasteiger partial charge in [-0.2, -0.15) is 0 Å². The Labute approximate surface area is 360 Å². The molecule has 0 spiro atoms. The molecule has 16 nitrogen and oxygen atoms in total. The molecule has 0 rings (SSSR count). The maximum Gasteiger partial charge on any atom is 0.326 e. The molecule has 0 aromatic rings. The Morgan fingerprint density at radius 2 is 0.717 bits per heavy atom. The molecule has 0 aliphatic heterocycles. The zero-order valence-electron chi connectivity index (χ0n) is 37.4. The quantitative estimate of drug-likeness (QED) is 0.0296. The van der Waals surface area contributed by atoms with Gasteiger partial charge in [0, 0.05) is 25.7 Å². The van der Waals surface area contributed by atoms with Gasteiger partial charge in [0.15, 0.2) is 0 Å². The fourth-order valence-corrected chi connectivity index (χ4v) is 6.15. The molecule has 0 saturated heterocycles. The number of aliphatic carboxylic acids is 3. The van der Waals surface area contributed by atoms with Crippen LogP contribution in [0.4, 0.5) is 0 Å². The summed E-state index contributed by atoms with van der Waals surface area (Å²) in [5.74, 6) is -4.86. The summed E-state index contributed by atoms with van der Waals surface area (Å²) in [5, 5.41) is 31.3. The molecule has 13 N–H and O–H groups in total. The molecule has 3 atom stereocenters. The Balaban J connectivity index is -0.000000884. The third-order valence-corrected chi connectivity index (χ3v) is 9.93. The second-order valence-corrected chi connectivity index (χ2v) is 15.7. The van der Waals surface area contributed by atoms with Gasteiger partial charge in [-0.3, -0.25) is 24.0 Å². The Kier molecular flexibility index (Phi) is 45.1. The number of nitrogens with two attached hydrogens (primary N) is 4. The van der Waals surface area contributed by atoms with E-state index in [1.807, 2.05) is 0 Å². The minimum absolute atomic E-state index is 0.0364. The van der Waals surface area contributed by atoms with Gasteiger partial charge < -0.3 is 48.9 Å². The molecule has 60 heavy (non-hydrogen) atoms. The van der Waals surface area contributed by atoms with Crippen molar-refractivity contribution in [3.8, 4) is 0 Å². The van der Waals surface area contributed by atoms with Crippen molar-refractivity contribution >= 4 is 41.5 Å². The number of carbonyl (C=O) groups excluding carboxylic acids is 4. The van der Waals surface area contributed by atoms with E-state index in [-0.39, 0.29) is 37.5 Å². The van der Waals surface area contributed by atoms with E-state index in [2.05, 4.69) is 24.5 Å². The fraction of sp³-hybridized carbons (Fsp3) is 0.841. The van der Waals surface area contributed by atoms with Gasteiger partial charge in [-0.05, 0) is 45.1 Å². The Morgan fingerprint density at radius 3 is 0.967 bits per heavy atom. The highest BCUT2D eigenvalue weighted by molar-refractivity contribution is 5.85. The number of carbonyl (C=O) groups is 7. The molecule has 0 aliphatic carbocycles. The lowest BCUT2D eigenvalue weighted by Gasteiger charge is -2.13. The Morgan fingerprint density at radius 1 is 0.417 bits per heavy atom. The van der Waals surface area contributed by atoms with Gasteiger partial charge in [0.25, 0.3) is 0 Å². The second kappa shape index (κ2) is 44.8. The summed E-state index contributed by atoms with van der Waals surface area (Å²) >= 11 is 0. The van der Waals surface area contributed by atoms with Gasteiger partial charge in [0.1, 0.15) is 18.1 Å². The number of hydrogen-bond acceptors (Lipinski definition) is 9. The van der Waals surface area contributed by atoms with E-state index < -0.39 is 47.8 Å². The summed E-state index contributed by atoms with van der Waals surface area (Å²) in [6.45, 7) is 5.05. The van der Waals surface area contributed by atoms with Gasteiger partial charge >= 0.3 is 17.9 Å². The largest absolute Gasteiger partial charge is 0.480 e. The molecular weight excluding hydrogens is 773 g/mol. The third kappa shape index (κ3) is 46.9. The molecule has 0 saturated carbocycles. The molecule has 0 aromatic carbocycles. The Bertz CT molecular complexity index is 1060. The number of amides is 4. The van der Waals surface area contributed by atoms with E-state index in [0.29, 0.717) is 25.8 Å².